The standard InChI is InChI=1S/C13H18N2O2S/c1-15(10-5-6-18-8-10)13(16)11-7-9(14)3-4-12(11)17-2/h3-4,7,10H,5-6,8,14H2,1-2H3. The van der Waals surface area contributed by atoms with Gasteiger partial charge >= 0.3 is 0 Å². The number of nitrogen functional groups attached to an aromatic ring is 1. The first-order valence-electron chi connectivity index (χ1n) is 5.92. The Morgan fingerprint density at radius 3 is 2.94 bits per heavy atom. The molecule has 1 fully saturated rings. The topological polar surface area (TPSA) is 55.6 Å². The molecule has 1 amide bonds. The third kappa shape index (κ3) is 2.56. The zero-order valence-corrected chi connectivity index (χ0v) is 11.5. The molecule has 0 radical (unpaired) electrons. The van der Waals surface area contributed by atoms with Gasteiger partial charge in [0.05, 0.1) is 12.7 Å². The van der Waals surface area contributed by atoms with Gasteiger partial charge in [0.25, 0.3) is 5.91 Å². The fraction of sp³-hybridized carbons (Fsp3) is 0.462. The van der Waals surface area contributed by atoms with Gasteiger partial charge in [-0.2, -0.15) is 11.8 Å². The van der Waals surface area contributed by atoms with Crippen LogP contribution in [0, 0.1) is 0 Å². The van der Waals surface area contributed by atoms with Crippen molar-refractivity contribution in [1.82, 2.24) is 4.90 Å². The second-order valence-corrected chi connectivity index (χ2v) is 5.54. The molecule has 0 aliphatic carbocycles. The van der Waals surface area contributed by atoms with E-state index in [9.17, 15) is 4.79 Å². The van der Waals surface area contributed by atoms with E-state index >= 15 is 0 Å². The van der Waals surface area contributed by atoms with Gasteiger partial charge in [-0.1, -0.05) is 0 Å². The van der Waals surface area contributed by atoms with E-state index in [1.807, 2.05) is 18.8 Å². The summed E-state index contributed by atoms with van der Waals surface area (Å²) in [4.78, 5) is 14.2. The number of ether oxygens (including phenoxy) is 1. The van der Waals surface area contributed by atoms with Crippen LogP contribution in [-0.4, -0.2) is 42.5 Å². The molecule has 0 bridgehead atoms. The molecule has 1 aromatic rings. The summed E-state index contributed by atoms with van der Waals surface area (Å²) < 4.78 is 5.23. The van der Waals surface area contributed by atoms with Gasteiger partial charge in [-0.25, -0.2) is 0 Å². The van der Waals surface area contributed by atoms with Crippen LogP contribution in [0.5, 0.6) is 5.75 Å². The Bertz CT molecular complexity index is 445. The Morgan fingerprint density at radius 1 is 1.56 bits per heavy atom. The highest BCUT2D eigenvalue weighted by atomic mass is 32.2. The van der Waals surface area contributed by atoms with Gasteiger partial charge in [0.15, 0.2) is 0 Å². The summed E-state index contributed by atoms with van der Waals surface area (Å²) in [6.45, 7) is 0. The molecular formula is C13H18N2O2S. The van der Waals surface area contributed by atoms with E-state index in [2.05, 4.69) is 0 Å². The predicted molar refractivity (Wildman–Crippen MR) is 75.2 cm³/mol. The quantitative estimate of drug-likeness (QED) is 0.848. The second kappa shape index (κ2) is 5.52. The molecular weight excluding hydrogens is 248 g/mol. The number of hydrogen-bond acceptors (Lipinski definition) is 4. The number of anilines is 1. The Morgan fingerprint density at radius 2 is 2.33 bits per heavy atom. The van der Waals surface area contributed by atoms with Crippen LogP contribution in [0.1, 0.15) is 16.8 Å². The number of amides is 1. The predicted octanol–water partition coefficient (Wildman–Crippen LogP) is 1.85. The Hall–Kier alpha value is -1.36. The molecule has 1 saturated heterocycles. The number of carbonyl (C=O) groups excluding carboxylic acids is 1. The van der Waals surface area contributed by atoms with E-state index in [0.29, 0.717) is 23.0 Å². The van der Waals surface area contributed by atoms with Gasteiger partial charge in [0.1, 0.15) is 5.75 Å². The third-order valence-corrected chi connectivity index (χ3v) is 4.37. The second-order valence-electron chi connectivity index (χ2n) is 4.39. The van der Waals surface area contributed by atoms with Crippen molar-refractivity contribution in [2.75, 3.05) is 31.4 Å². The SMILES string of the molecule is COc1ccc(N)cc1C(=O)N(C)C1CCSC1. The number of hydrogen-bond donors (Lipinski definition) is 1. The van der Waals surface area contributed by atoms with Gasteiger partial charge in [0.2, 0.25) is 0 Å². The number of benzene rings is 1. The first-order chi connectivity index (χ1) is 8.63. The molecule has 1 aliphatic heterocycles. The Labute approximate surface area is 111 Å². The number of rotatable bonds is 3. The summed E-state index contributed by atoms with van der Waals surface area (Å²) in [5.74, 6) is 2.68. The maximum atomic E-state index is 12.4. The number of carbonyl (C=O) groups is 1. The first-order valence-corrected chi connectivity index (χ1v) is 7.07. The number of thioether (sulfide) groups is 1. The molecule has 0 spiro atoms. The van der Waals surface area contributed by atoms with Crippen LogP contribution in [-0.2, 0) is 0 Å². The molecule has 0 saturated carbocycles. The lowest BCUT2D eigenvalue weighted by Crippen LogP contribution is -2.37. The Balaban J connectivity index is 2.24. The minimum Gasteiger partial charge on any atom is -0.496 e. The molecule has 4 nitrogen and oxygen atoms in total. The van der Waals surface area contributed by atoms with Gasteiger partial charge in [-0.15, -0.1) is 0 Å². The van der Waals surface area contributed by atoms with Crippen molar-refractivity contribution in [1.29, 1.82) is 0 Å². The van der Waals surface area contributed by atoms with E-state index in [4.69, 9.17) is 10.5 Å². The largest absolute Gasteiger partial charge is 0.496 e. The summed E-state index contributed by atoms with van der Waals surface area (Å²) in [6, 6.07) is 5.47. The zero-order valence-electron chi connectivity index (χ0n) is 10.7. The minimum absolute atomic E-state index is 0.0216. The Kier molecular flexibility index (Phi) is 4.01. The van der Waals surface area contributed by atoms with Crippen molar-refractivity contribution in [3.63, 3.8) is 0 Å². The minimum atomic E-state index is -0.0216. The van der Waals surface area contributed by atoms with Crippen LogP contribution >= 0.6 is 11.8 Å². The summed E-state index contributed by atoms with van der Waals surface area (Å²) in [5, 5.41) is 0. The fourth-order valence-electron chi connectivity index (χ4n) is 2.08. The van der Waals surface area contributed by atoms with E-state index < -0.39 is 0 Å². The van der Waals surface area contributed by atoms with E-state index in [0.717, 1.165) is 17.9 Å². The smallest absolute Gasteiger partial charge is 0.257 e. The molecule has 18 heavy (non-hydrogen) atoms. The monoisotopic (exact) mass is 266 g/mol. The van der Waals surface area contributed by atoms with Gasteiger partial charge in [-0.05, 0) is 30.4 Å². The zero-order chi connectivity index (χ0) is 13.1. The van der Waals surface area contributed by atoms with Crippen molar-refractivity contribution < 1.29 is 9.53 Å². The van der Waals surface area contributed by atoms with Gasteiger partial charge in [-0.3, -0.25) is 4.79 Å². The highest BCUT2D eigenvalue weighted by molar-refractivity contribution is 7.99. The van der Waals surface area contributed by atoms with Crippen molar-refractivity contribution >= 4 is 23.4 Å². The maximum Gasteiger partial charge on any atom is 0.257 e. The summed E-state index contributed by atoms with van der Waals surface area (Å²) in [6.07, 6.45) is 1.05. The molecule has 1 atom stereocenters. The average Bonchev–Trinajstić information content (AvgIpc) is 2.90. The molecule has 5 heteroatoms. The van der Waals surface area contributed by atoms with Gasteiger partial charge < -0.3 is 15.4 Å². The van der Waals surface area contributed by atoms with Crippen LogP contribution in [0.3, 0.4) is 0 Å². The van der Waals surface area contributed by atoms with E-state index in [-0.39, 0.29) is 5.91 Å². The maximum absolute atomic E-state index is 12.4. The van der Waals surface area contributed by atoms with Crippen molar-refractivity contribution in [2.45, 2.75) is 12.5 Å². The van der Waals surface area contributed by atoms with E-state index in [1.54, 1.807) is 30.2 Å². The van der Waals surface area contributed by atoms with Crippen molar-refractivity contribution in [3.05, 3.63) is 23.8 Å². The van der Waals surface area contributed by atoms with Gasteiger partial charge in [0, 0.05) is 24.5 Å². The third-order valence-electron chi connectivity index (χ3n) is 3.23. The first kappa shape index (κ1) is 13.1. The molecule has 2 rings (SSSR count). The normalized spacial score (nSPS) is 18.7. The summed E-state index contributed by atoms with van der Waals surface area (Å²) in [5.41, 5.74) is 6.86. The van der Waals surface area contributed by atoms with Crippen molar-refractivity contribution in [2.24, 2.45) is 0 Å². The lowest BCUT2D eigenvalue weighted by molar-refractivity contribution is 0.0744. The summed E-state index contributed by atoms with van der Waals surface area (Å²) in [7, 11) is 3.41. The van der Waals surface area contributed by atoms with Crippen LogP contribution in [0.4, 0.5) is 5.69 Å². The molecule has 0 aromatic heterocycles. The number of nitrogens with zero attached hydrogens (tertiary/aromatic N) is 1. The average molecular weight is 266 g/mol. The van der Waals surface area contributed by atoms with Crippen LogP contribution < -0.4 is 10.5 Å². The highest BCUT2D eigenvalue weighted by Crippen LogP contribution is 2.26. The molecule has 1 aliphatic rings. The van der Waals surface area contributed by atoms with Crippen molar-refractivity contribution in [3.8, 4) is 5.75 Å². The lowest BCUT2D eigenvalue weighted by Gasteiger charge is -2.24. The number of methoxy groups -OCH3 is 1. The molecule has 1 unspecified atom stereocenters. The van der Waals surface area contributed by atoms with Crippen LogP contribution in [0.25, 0.3) is 0 Å². The molecule has 1 aromatic carbocycles. The van der Waals surface area contributed by atoms with Crippen LogP contribution in [0.15, 0.2) is 18.2 Å². The number of nitrogens with two attached hydrogens (primary N) is 1. The molecule has 98 valence electrons. The summed E-state index contributed by atoms with van der Waals surface area (Å²) >= 11 is 1.89. The molecule has 1 heterocycles. The highest BCUT2D eigenvalue weighted by Gasteiger charge is 2.26. The lowest BCUT2D eigenvalue weighted by atomic mass is 10.1. The molecule has 2 N–H and O–H groups in total. The van der Waals surface area contributed by atoms with Crippen LogP contribution in [0.2, 0.25) is 0 Å². The van der Waals surface area contributed by atoms with E-state index in [1.165, 1.54) is 0 Å². The fourth-order valence-corrected chi connectivity index (χ4v) is 3.34.